The zero-order valence-electron chi connectivity index (χ0n) is 50.2. The first kappa shape index (κ1) is 59.6. The van der Waals surface area contributed by atoms with Crippen LogP contribution < -0.4 is 0 Å². The van der Waals surface area contributed by atoms with Crippen LogP contribution >= 0.6 is 31.9 Å². The van der Waals surface area contributed by atoms with Crippen molar-refractivity contribution < 1.29 is 0 Å². The summed E-state index contributed by atoms with van der Waals surface area (Å²) in [4.78, 5) is 0. The maximum absolute atomic E-state index is 3.60. The number of aromatic nitrogens is 2. The standard InChI is InChI=1S/C54H40N2.C30H24Br2.2CH4/c1-54(2,3)37-28-33-46-47(34-37)53(36-26-31-39(32-27-36)56-50-22-12-8-16-42(50)43-17-9-13-23-51(43)56)45-19-5-4-18-44(45)52(46)35-24-29-38(30-25-35)55-48-20-10-6-14-40(48)41-15-7-11-21-49(41)55;1-30(2,3)21-12-17-26-27(18-21)29(20-10-15-23(32)16-11-20)25-7-5-4-6-24(25)28(26)19-8-13-22(31)14-9-19;;/h4-34H,1-3H3;4-18H,1-3H3;2*1H4. The van der Waals surface area contributed by atoms with Gasteiger partial charge in [0.05, 0.1) is 22.1 Å². The second-order valence-electron chi connectivity index (χ2n) is 25.5. The van der Waals surface area contributed by atoms with E-state index in [2.05, 4.69) is 362 Å². The van der Waals surface area contributed by atoms with E-state index in [4.69, 9.17) is 0 Å². The Balaban J connectivity index is 0.000000187. The molecule has 4 heteroatoms. The van der Waals surface area contributed by atoms with Crippen LogP contribution in [0.15, 0.2) is 288 Å². The summed E-state index contributed by atoms with van der Waals surface area (Å²) in [6.45, 7) is 13.8. The molecule has 440 valence electrons. The predicted octanol–water partition coefficient (Wildman–Crippen LogP) is 26.2. The second-order valence-corrected chi connectivity index (χ2v) is 27.3. The van der Waals surface area contributed by atoms with Crippen molar-refractivity contribution in [3.05, 3.63) is 299 Å². The van der Waals surface area contributed by atoms with Crippen LogP contribution in [-0.4, -0.2) is 9.13 Å². The van der Waals surface area contributed by atoms with Crippen LogP contribution in [0.25, 0.3) is 143 Å². The smallest absolute Gasteiger partial charge is 0.0541 e. The van der Waals surface area contributed by atoms with Crippen LogP contribution in [0.3, 0.4) is 0 Å². The van der Waals surface area contributed by atoms with Gasteiger partial charge in [0.2, 0.25) is 0 Å². The highest BCUT2D eigenvalue weighted by molar-refractivity contribution is 9.10. The molecule has 0 bridgehead atoms. The Labute approximate surface area is 546 Å². The van der Waals surface area contributed by atoms with Crippen molar-refractivity contribution in [3.63, 3.8) is 0 Å². The number of nitrogens with zero attached hydrogens (tertiary/aromatic N) is 2. The minimum atomic E-state index is 0. The van der Waals surface area contributed by atoms with Crippen molar-refractivity contribution in [2.75, 3.05) is 0 Å². The molecule has 0 aliphatic rings. The summed E-state index contributed by atoms with van der Waals surface area (Å²) in [7, 11) is 0. The Morgan fingerprint density at radius 3 is 0.722 bits per heavy atom. The molecular weight excluding hydrogens is 1220 g/mol. The van der Waals surface area contributed by atoms with Gasteiger partial charge in [0.1, 0.15) is 0 Å². The highest BCUT2D eigenvalue weighted by Gasteiger charge is 2.24. The van der Waals surface area contributed by atoms with E-state index in [1.807, 2.05) is 0 Å². The van der Waals surface area contributed by atoms with Crippen LogP contribution in [0.2, 0.25) is 0 Å². The summed E-state index contributed by atoms with van der Waals surface area (Å²) < 4.78 is 6.98. The Kier molecular flexibility index (Phi) is 15.6. The maximum Gasteiger partial charge on any atom is 0.0541 e. The van der Waals surface area contributed by atoms with E-state index in [-0.39, 0.29) is 25.7 Å². The first-order valence-corrected chi connectivity index (χ1v) is 32.0. The van der Waals surface area contributed by atoms with E-state index in [0.29, 0.717) is 0 Å². The van der Waals surface area contributed by atoms with E-state index < -0.39 is 0 Å². The molecule has 0 amide bonds. The Bertz CT molecular complexity index is 5270. The van der Waals surface area contributed by atoms with Crippen LogP contribution in [0.5, 0.6) is 0 Å². The SMILES string of the molecule is C.C.CC(C)(C)c1ccc2c(-c3ccc(-n4c5ccccc5c5ccccc54)cc3)c3ccccc3c(-c3ccc(-n4c5ccccc5c5ccccc54)cc3)c2c1.CC(C)(C)c1ccc2c(-c3ccc(Br)cc3)c3ccccc3c(-c3ccc(Br)cc3)c2c1. The lowest BCUT2D eigenvalue weighted by atomic mass is 9.81. The summed E-state index contributed by atoms with van der Waals surface area (Å²) in [6, 6.07) is 103. The Hall–Kier alpha value is -9.32. The summed E-state index contributed by atoms with van der Waals surface area (Å²) in [6.07, 6.45) is 0. The molecule has 0 N–H and O–H groups in total. The first-order chi connectivity index (χ1) is 42.8. The molecule has 16 rings (SSSR count). The van der Waals surface area contributed by atoms with Crippen molar-refractivity contribution in [1.29, 1.82) is 0 Å². The van der Waals surface area contributed by atoms with Crippen LogP contribution in [0, 0.1) is 0 Å². The molecule has 0 unspecified atom stereocenters. The fraction of sp³-hybridized carbons (Fsp3) is 0.116. The van der Waals surface area contributed by atoms with Gasteiger partial charge in [-0.3, -0.25) is 0 Å². The Morgan fingerprint density at radius 1 is 0.233 bits per heavy atom. The van der Waals surface area contributed by atoms with Crippen LogP contribution in [0.1, 0.15) is 67.5 Å². The van der Waals surface area contributed by atoms with Crippen molar-refractivity contribution in [1.82, 2.24) is 9.13 Å². The average molecular weight is 1290 g/mol. The highest BCUT2D eigenvalue weighted by atomic mass is 79.9. The number of hydrogen-bond donors (Lipinski definition) is 0. The van der Waals surface area contributed by atoms with Gasteiger partial charge < -0.3 is 9.13 Å². The lowest BCUT2D eigenvalue weighted by Crippen LogP contribution is -2.10. The van der Waals surface area contributed by atoms with Crippen molar-refractivity contribution in [2.45, 2.75) is 67.2 Å². The zero-order chi connectivity index (χ0) is 60.0. The van der Waals surface area contributed by atoms with Crippen molar-refractivity contribution >= 4 is 119 Å². The molecule has 0 atom stereocenters. The molecule has 0 aliphatic heterocycles. The molecule has 2 aromatic heterocycles. The lowest BCUT2D eigenvalue weighted by Gasteiger charge is -2.23. The molecular formula is C86H72Br2N2. The zero-order valence-corrected chi connectivity index (χ0v) is 53.4. The third-order valence-corrected chi connectivity index (χ3v) is 19.1. The third kappa shape index (κ3) is 10.3. The maximum atomic E-state index is 3.60. The third-order valence-electron chi connectivity index (χ3n) is 18.0. The number of para-hydroxylation sites is 4. The van der Waals surface area contributed by atoms with Gasteiger partial charge in [-0.05, 0) is 194 Å². The topological polar surface area (TPSA) is 9.86 Å². The molecule has 90 heavy (non-hydrogen) atoms. The molecule has 16 aromatic rings. The van der Waals surface area contributed by atoms with E-state index >= 15 is 0 Å². The molecule has 14 aromatic carbocycles. The molecule has 0 spiro atoms. The monoisotopic (exact) mass is 1290 g/mol. The van der Waals surface area contributed by atoms with Gasteiger partial charge in [0.25, 0.3) is 0 Å². The van der Waals surface area contributed by atoms with Crippen molar-refractivity contribution in [2.24, 2.45) is 0 Å². The molecule has 0 fully saturated rings. The van der Waals surface area contributed by atoms with Gasteiger partial charge in [0, 0.05) is 41.9 Å². The first-order valence-electron chi connectivity index (χ1n) is 30.4. The second kappa shape index (κ2) is 23.6. The lowest BCUT2D eigenvalue weighted by molar-refractivity contribution is 0.591. The number of benzene rings is 14. The summed E-state index contributed by atoms with van der Waals surface area (Å²) in [5, 5.41) is 15.3. The minimum absolute atomic E-state index is 0. The van der Waals surface area contributed by atoms with E-state index in [1.165, 1.54) is 142 Å². The van der Waals surface area contributed by atoms with Gasteiger partial charge in [0.15, 0.2) is 0 Å². The normalized spacial score (nSPS) is 11.8. The largest absolute Gasteiger partial charge is 0.309 e. The fourth-order valence-electron chi connectivity index (χ4n) is 13.7. The minimum Gasteiger partial charge on any atom is -0.309 e. The fourth-order valence-corrected chi connectivity index (χ4v) is 14.3. The Morgan fingerprint density at radius 2 is 0.456 bits per heavy atom. The molecule has 0 saturated carbocycles. The number of fused-ring (bicyclic) bond motifs is 10. The summed E-state index contributed by atoms with van der Waals surface area (Å²) >= 11 is 7.19. The van der Waals surface area contributed by atoms with Gasteiger partial charge in [-0.25, -0.2) is 0 Å². The van der Waals surface area contributed by atoms with E-state index in [1.54, 1.807) is 0 Å². The van der Waals surface area contributed by atoms with Gasteiger partial charge in [-0.2, -0.15) is 0 Å². The van der Waals surface area contributed by atoms with Crippen molar-refractivity contribution in [3.8, 4) is 55.9 Å². The number of hydrogen-bond acceptors (Lipinski definition) is 0. The molecule has 0 radical (unpaired) electrons. The molecule has 0 aliphatic carbocycles. The average Bonchev–Trinajstić information content (AvgIpc) is 0.802. The highest BCUT2D eigenvalue weighted by Crippen LogP contribution is 2.48. The number of rotatable bonds is 6. The van der Waals surface area contributed by atoms with Crippen LogP contribution in [0.4, 0.5) is 0 Å². The van der Waals surface area contributed by atoms with Gasteiger partial charge >= 0.3 is 0 Å². The van der Waals surface area contributed by atoms with Gasteiger partial charge in [-0.1, -0.05) is 282 Å². The van der Waals surface area contributed by atoms with Crippen LogP contribution in [-0.2, 0) is 10.8 Å². The summed E-state index contributed by atoms with van der Waals surface area (Å²) in [5.41, 5.74) is 20.0. The summed E-state index contributed by atoms with van der Waals surface area (Å²) in [5.74, 6) is 0. The quantitative estimate of drug-likeness (QED) is 0.147. The van der Waals surface area contributed by atoms with E-state index in [0.717, 1.165) is 20.3 Å². The molecule has 2 heterocycles. The predicted molar refractivity (Wildman–Crippen MR) is 400 cm³/mol. The molecule has 0 saturated heterocycles. The molecule has 2 nitrogen and oxygen atoms in total. The van der Waals surface area contributed by atoms with Gasteiger partial charge in [-0.15, -0.1) is 0 Å². The van der Waals surface area contributed by atoms with E-state index in [9.17, 15) is 0 Å². The number of halogens is 2.